The first kappa shape index (κ1) is 8.81. The molecule has 0 aliphatic rings. The lowest BCUT2D eigenvalue weighted by molar-refractivity contribution is 1.11. The van der Waals surface area contributed by atoms with Gasteiger partial charge in [0.05, 0.1) is 17.4 Å². The van der Waals surface area contributed by atoms with E-state index < -0.39 is 0 Å². The molecule has 1 aromatic heterocycles. The molecule has 0 fully saturated rings. The lowest BCUT2D eigenvalue weighted by atomic mass is 10.7. The van der Waals surface area contributed by atoms with Gasteiger partial charge in [-0.25, -0.2) is 9.97 Å². The summed E-state index contributed by atoms with van der Waals surface area (Å²) in [6.45, 7) is 0. The summed E-state index contributed by atoms with van der Waals surface area (Å²) in [6, 6.07) is 0. The van der Waals surface area contributed by atoms with Gasteiger partial charge in [-0.3, -0.25) is 0 Å². The number of hydrogen-bond acceptors (Lipinski definition) is 3. The highest BCUT2D eigenvalue weighted by molar-refractivity contribution is 9.10. The Morgan fingerprint density at radius 1 is 1.33 bits per heavy atom. The Morgan fingerprint density at radius 3 is 2.11 bits per heavy atom. The van der Waals surface area contributed by atoms with E-state index in [1.165, 1.54) is 12.4 Å². The number of hydrogen-bond donors (Lipinski definition) is 1. The maximum Gasteiger partial charge on any atom is 0.196 e. The van der Waals surface area contributed by atoms with Crippen LogP contribution in [0, 0.1) is 0 Å². The molecule has 0 bridgehead atoms. The molecule has 0 saturated heterocycles. The van der Waals surface area contributed by atoms with Crippen LogP contribution in [0.25, 0.3) is 0 Å². The Kier molecular flexibility index (Phi) is 3.68. The zero-order chi connectivity index (χ0) is 5.98. The molecule has 0 radical (unpaired) electrons. The van der Waals surface area contributed by atoms with Crippen LogP contribution in [-0.2, 0) is 0 Å². The molecule has 0 amide bonds. The Bertz CT molecular complexity index is 155. The van der Waals surface area contributed by atoms with E-state index in [-0.39, 0.29) is 6.15 Å². The molecule has 0 saturated carbocycles. The molecule has 3 N–H and O–H groups in total. The summed E-state index contributed by atoms with van der Waals surface area (Å²) in [5, 5.41) is 0.549. The second kappa shape index (κ2) is 3.76. The molecule has 0 atom stereocenters. The molecule has 9 heavy (non-hydrogen) atoms. The van der Waals surface area contributed by atoms with Crippen LogP contribution in [0.3, 0.4) is 0 Å². The third kappa shape index (κ3) is 2.74. The molecule has 0 spiro atoms. The Morgan fingerprint density at radius 2 is 1.78 bits per heavy atom. The number of rotatable bonds is 0. The summed E-state index contributed by atoms with van der Waals surface area (Å²) >= 11 is 8.53. The molecule has 50 valence electrons. The van der Waals surface area contributed by atoms with Crippen LogP contribution in [0.2, 0.25) is 5.02 Å². The van der Waals surface area contributed by atoms with E-state index >= 15 is 0 Å². The second-order valence-electron chi connectivity index (χ2n) is 1.17. The van der Waals surface area contributed by atoms with Crippen molar-refractivity contribution in [3.8, 4) is 0 Å². The van der Waals surface area contributed by atoms with Crippen LogP contribution in [-0.4, -0.2) is 9.97 Å². The monoisotopic (exact) mass is 209 g/mol. The van der Waals surface area contributed by atoms with Crippen molar-refractivity contribution in [3.05, 3.63) is 22.1 Å². The van der Waals surface area contributed by atoms with Gasteiger partial charge >= 0.3 is 0 Å². The van der Waals surface area contributed by atoms with Crippen molar-refractivity contribution in [2.24, 2.45) is 0 Å². The summed E-state index contributed by atoms with van der Waals surface area (Å²) in [6.07, 6.45) is 3.05. The maximum atomic E-state index is 5.47. The minimum Gasteiger partial charge on any atom is -0.344 e. The SMILES string of the molecule is Clc1cnc(Br)nc1.N. The van der Waals surface area contributed by atoms with E-state index in [2.05, 4.69) is 25.9 Å². The van der Waals surface area contributed by atoms with Gasteiger partial charge in [0.1, 0.15) is 0 Å². The van der Waals surface area contributed by atoms with Gasteiger partial charge in [-0.15, -0.1) is 0 Å². The van der Waals surface area contributed by atoms with Crippen molar-refractivity contribution in [1.29, 1.82) is 0 Å². The van der Waals surface area contributed by atoms with Gasteiger partial charge in [-0.05, 0) is 15.9 Å². The zero-order valence-electron chi connectivity index (χ0n) is 4.51. The van der Waals surface area contributed by atoms with Crippen LogP contribution in [0.4, 0.5) is 0 Å². The number of aromatic nitrogens is 2. The molecule has 5 heteroatoms. The van der Waals surface area contributed by atoms with E-state index in [0.717, 1.165) is 0 Å². The molecule has 0 aliphatic carbocycles. The molecule has 3 nitrogen and oxygen atoms in total. The van der Waals surface area contributed by atoms with Crippen LogP contribution in [0.1, 0.15) is 0 Å². The zero-order valence-corrected chi connectivity index (χ0v) is 6.85. The third-order valence-corrected chi connectivity index (χ3v) is 1.19. The largest absolute Gasteiger partial charge is 0.344 e. The highest BCUT2D eigenvalue weighted by atomic mass is 79.9. The fraction of sp³-hybridized carbons (Fsp3) is 0. The summed E-state index contributed by atoms with van der Waals surface area (Å²) in [5.41, 5.74) is 0. The smallest absolute Gasteiger partial charge is 0.196 e. The lowest BCUT2D eigenvalue weighted by Gasteiger charge is -1.85. The quantitative estimate of drug-likeness (QED) is 0.667. The van der Waals surface area contributed by atoms with Gasteiger partial charge in [-0.2, -0.15) is 0 Å². The summed E-state index contributed by atoms with van der Waals surface area (Å²) in [4.78, 5) is 7.50. The first-order chi connectivity index (χ1) is 3.79. The predicted molar refractivity (Wildman–Crippen MR) is 39.8 cm³/mol. The van der Waals surface area contributed by atoms with Crippen molar-refractivity contribution in [2.45, 2.75) is 0 Å². The van der Waals surface area contributed by atoms with Gasteiger partial charge in [-0.1, -0.05) is 11.6 Å². The molecular formula is C4H5BrClN3. The van der Waals surface area contributed by atoms with Crippen LogP contribution in [0.5, 0.6) is 0 Å². The lowest BCUT2D eigenvalue weighted by Crippen LogP contribution is -1.77. The molecule has 0 unspecified atom stereocenters. The van der Waals surface area contributed by atoms with Crippen LogP contribution < -0.4 is 6.15 Å². The first-order valence-electron chi connectivity index (χ1n) is 1.92. The van der Waals surface area contributed by atoms with Crippen LogP contribution in [0.15, 0.2) is 17.1 Å². The van der Waals surface area contributed by atoms with Crippen molar-refractivity contribution >= 4 is 27.5 Å². The van der Waals surface area contributed by atoms with Gasteiger partial charge in [0.25, 0.3) is 0 Å². The fourth-order valence-electron chi connectivity index (χ4n) is 0.297. The normalized spacial score (nSPS) is 8.22. The first-order valence-corrected chi connectivity index (χ1v) is 3.09. The third-order valence-electron chi connectivity index (χ3n) is 0.589. The molecule has 1 aromatic rings. The van der Waals surface area contributed by atoms with E-state index in [1.807, 2.05) is 0 Å². The van der Waals surface area contributed by atoms with E-state index in [9.17, 15) is 0 Å². The van der Waals surface area contributed by atoms with E-state index in [1.54, 1.807) is 0 Å². The molecule has 1 heterocycles. The molecule has 1 rings (SSSR count). The summed E-state index contributed by atoms with van der Waals surface area (Å²) in [5.74, 6) is 0. The summed E-state index contributed by atoms with van der Waals surface area (Å²) in [7, 11) is 0. The van der Waals surface area contributed by atoms with E-state index in [0.29, 0.717) is 9.76 Å². The highest BCUT2D eigenvalue weighted by Crippen LogP contribution is 2.05. The van der Waals surface area contributed by atoms with Gasteiger partial charge in [0, 0.05) is 0 Å². The number of halogens is 2. The second-order valence-corrected chi connectivity index (χ2v) is 2.32. The Hall–Kier alpha value is -0.190. The molecule has 0 aliphatic heterocycles. The number of nitrogens with zero attached hydrogens (tertiary/aromatic N) is 2. The van der Waals surface area contributed by atoms with Crippen molar-refractivity contribution in [1.82, 2.24) is 16.1 Å². The highest BCUT2D eigenvalue weighted by Gasteiger charge is 1.86. The Balaban J connectivity index is 0.000000640. The topological polar surface area (TPSA) is 60.8 Å². The fourth-order valence-corrected chi connectivity index (χ4v) is 0.599. The minimum absolute atomic E-state index is 0. The van der Waals surface area contributed by atoms with Gasteiger partial charge < -0.3 is 6.15 Å². The van der Waals surface area contributed by atoms with Crippen LogP contribution >= 0.6 is 27.5 Å². The molecular weight excluding hydrogens is 205 g/mol. The van der Waals surface area contributed by atoms with Crippen molar-refractivity contribution in [3.63, 3.8) is 0 Å². The molecule has 0 aromatic carbocycles. The average Bonchev–Trinajstić information content (AvgIpc) is 1.77. The standard InChI is InChI=1S/C4H2BrClN2.H3N/c5-4-7-1-3(6)2-8-4;/h1-2H;1H3. The summed E-state index contributed by atoms with van der Waals surface area (Å²) < 4.78 is 0.557. The van der Waals surface area contributed by atoms with E-state index in [4.69, 9.17) is 11.6 Å². The van der Waals surface area contributed by atoms with Crippen molar-refractivity contribution < 1.29 is 0 Å². The minimum atomic E-state index is 0. The van der Waals surface area contributed by atoms with Gasteiger partial charge in [0.15, 0.2) is 4.73 Å². The predicted octanol–water partition coefficient (Wildman–Crippen LogP) is 2.05. The van der Waals surface area contributed by atoms with Crippen molar-refractivity contribution in [2.75, 3.05) is 0 Å². The van der Waals surface area contributed by atoms with Gasteiger partial charge in [0.2, 0.25) is 0 Å². The maximum absolute atomic E-state index is 5.47. The average molecular weight is 210 g/mol. The Labute approximate surface area is 66.2 Å².